The molecular formula is C10H13NO2S. The van der Waals surface area contributed by atoms with Gasteiger partial charge in [0.25, 0.3) is 0 Å². The maximum absolute atomic E-state index is 11.3. The second-order valence-electron chi connectivity index (χ2n) is 3.57. The molecule has 1 fully saturated rings. The summed E-state index contributed by atoms with van der Waals surface area (Å²) in [7, 11) is 0. The molecule has 0 radical (unpaired) electrons. The summed E-state index contributed by atoms with van der Waals surface area (Å²) in [5, 5.41) is 14.4. The molecule has 2 N–H and O–H groups in total. The van der Waals surface area contributed by atoms with Crippen molar-refractivity contribution in [2.24, 2.45) is 0 Å². The van der Waals surface area contributed by atoms with Gasteiger partial charge in [-0.25, -0.2) is 4.79 Å². The third-order valence-corrected chi connectivity index (χ3v) is 3.74. The molecule has 1 aliphatic heterocycles. The number of thiophene rings is 1. The molecule has 0 amide bonds. The summed E-state index contributed by atoms with van der Waals surface area (Å²) in [6.45, 7) is 0.796. The molecule has 2 rings (SSSR count). The average molecular weight is 211 g/mol. The predicted molar refractivity (Wildman–Crippen MR) is 55.5 cm³/mol. The lowest BCUT2D eigenvalue weighted by Crippen LogP contribution is -2.51. The van der Waals surface area contributed by atoms with Crippen LogP contribution in [0.25, 0.3) is 0 Å². The minimum atomic E-state index is -0.813. The van der Waals surface area contributed by atoms with Gasteiger partial charge in [0.1, 0.15) is 0 Å². The summed E-state index contributed by atoms with van der Waals surface area (Å²) in [6.07, 6.45) is 2.75. The molecule has 0 bridgehead atoms. The average Bonchev–Trinajstić information content (AvgIpc) is 2.72. The highest BCUT2D eigenvalue weighted by Crippen LogP contribution is 2.33. The van der Waals surface area contributed by atoms with E-state index in [4.69, 9.17) is 0 Å². The van der Waals surface area contributed by atoms with E-state index in [1.807, 2.05) is 17.5 Å². The van der Waals surface area contributed by atoms with Crippen molar-refractivity contribution in [3.63, 3.8) is 0 Å². The van der Waals surface area contributed by atoms with Crippen LogP contribution in [0.3, 0.4) is 0 Å². The summed E-state index contributed by atoms with van der Waals surface area (Å²) >= 11 is 1.51. The van der Waals surface area contributed by atoms with Gasteiger partial charge in [0.15, 0.2) is 5.54 Å². The molecule has 0 aliphatic carbocycles. The zero-order chi connectivity index (χ0) is 10.0. The lowest BCUT2D eigenvalue weighted by molar-refractivity contribution is -0.146. The van der Waals surface area contributed by atoms with Gasteiger partial charge in [0.2, 0.25) is 0 Å². The van der Waals surface area contributed by atoms with Crippen LogP contribution in [0.4, 0.5) is 0 Å². The minimum absolute atomic E-state index is 0.697. The third kappa shape index (κ3) is 1.44. The Hall–Kier alpha value is -0.870. The van der Waals surface area contributed by atoms with Crippen molar-refractivity contribution in [1.29, 1.82) is 0 Å². The van der Waals surface area contributed by atoms with Crippen molar-refractivity contribution in [2.45, 2.75) is 24.8 Å². The van der Waals surface area contributed by atoms with E-state index in [-0.39, 0.29) is 0 Å². The van der Waals surface area contributed by atoms with E-state index in [2.05, 4.69) is 5.32 Å². The van der Waals surface area contributed by atoms with Gasteiger partial charge in [-0.15, -0.1) is 11.3 Å². The number of carboxylic acids is 1. The van der Waals surface area contributed by atoms with Crippen LogP contribution in [0, 0.1) is 0 Å². The van der Waals surface area contributed by atoms with Crippen LogP contribution in [0.15, 0.2) is 17.5 Å². The Kier molecular flexibility index (Phi) is 2.56. The maximum atomic E-state index is 11.3. The highest BCUT2D eigenvalue weighted by atomic mass is 32.1. The molecule has 14 heavy (non-hydrogen) atoms. The van der Waals surface area contributed by atoms with E-state index in [9.17, 15) is 9.90 Å². The van der Waals surface area contributed by atoms with Crippen LogP contribution < -0.4 is 5.32 Å². The number of hydrogen-bond donors (Lipinski definition) is 2. The molecular weight excluding hydrogens is 198 g/mol. The number of piperidine rings is 1. The summed E-state index contributed by atoms with van der Waals surface area (Å²) in [6, 6.07) is 3.80. The second kappa shape index (κ2) is 3.71. The molecule has 1 saturated heterocycles. The van der Waals surface area contributed by atoms with E-state index < -0.39 is 11.5 Å². The summed E-state index contributed by atoms with van der Waals surface area (Å²) in [4.78, 5) is 12.2. The van der Waals surface area contributed by atoms with Crippen LogP contribution in [0.2, 0.25) is 0 Å². The topological polar surface area (TPSA) is 49.3 Å². The summed E-state index contributed by atoms with van der Waals surface area (Å²) < 4.78 is 0. The minimum Gasteiger partial charge on any atom is -0.480 e. The van der Waals surface area contributed by atoms with Crippen molar-refractivity contribution < 1.29 is 9.90 Å². The Labute approximate surface area is 86.8 Å². The first-order valence-corrected chi connectivity index (χ1v) is 5.66. The van der Waals surface area contributed by atoms with E-state index >= 15 is 0 Å². The lowest BCUT2D eigenvalue weighted by atomic mass is 9.87. The van der Waals surface area contributed by atoms with Crippen LogP contribution in [0.5, 0.6) is 0 Å². The zero-order valence-corrected chi connectivity index (χ0v) is 8.64. The van der Waals surface area contributed by atoms with Crippen LogP contribution in [-0.2, 0) is 10.3 Å². The molecule has 0 saturated carbocycles. The van der Waals surface area contributed by atoms with Gasteiger partial charge in [-0.2, -0.15) is 0 Å². The molecule has 1 aromatic heterocycles. The first-order chi connectivity index (χ1) is 6.76. The molecule has 1 atom stereocenters. The van der Waals surface area contributed by atoms with Crippen LogP contribution in [0.1, 0.15) is 24.1 Å². The van der Waals surface area contributed by atoms with Crippen LogP contribution in [-0.4, -0.2) is 17.6 Å². The van der Waals surface area contributed by atoms with Gasteiger partial charge in [-0.3, -0.25) is 5.32 Å². The fourth-order valence-corrected chi connectivity index (χ4v) is 2.85. The highest BCUT2D eigenvalue weighted by molar-refractivity contribution is 7.10. The van der Waals surface area contributed by atoms with Gasteiger partial charge in [0.05, 0.1) is 0 Å². The van der Waals surface area contributed by atoms with Gasteiger partial charge in [0, 0.05) is 4.88 Å². The standard InChI is InChI=1S/C10H13NO2S/c12-9(13)10(5-1-2-6-11-10)8-4-3-7-14-8/h3-4,7,11H,1-2,5-6H2,(H,12,13). The first kappa shape index (κ1) is 9.68. The number of hydrogen-bond acceptors (Lipinski definition) is 3. The van der Waals surface area contributed by atoms with E-state index in [1.54, 1.807) is 0 Å². The van der Waals surface area contributed by atoms with Crippen molar-refractivity contribution in [1.82, 2.24) is 5.32 Å². The van der Waals surface area contributed by atoms with Crippen molar-refractivity contribution in [2.75, 3.05) is 6.54 Å². The number of rotatable bonds is 2. The summed E-state index contributed by atoms with van der Waals surface area (Å²) in [5.74, 6) is -0.750. The SMILES string of the molecule is O=C(O)C1(c2cccs2)CCCCN1. The maximum Gasteiger partial charge on any atom is 0.329 e. The van der Waals surface area contributed by atoms with E-state index in [0.717, 1.165) is 24.3 Å². The monoisotopic (exact) mass is 211 g/mol. The molecule has 1 aromatic rings. The Balaban J connectivity index is 2.35. The Bertz CT molecular complexity index is 315. The fraction of sp³-hybridized carbons (Fsp3) is 0.500. The van der Waals surface area contributed by atoms with Gasteiger partial charge in [-0.1, -0.05) is 6.07 Å². The molecule has 4 heteroatoms. The molecule has 0 spiro atoms. The number of aliphatic carboxylic acids is 1. The predicted octanol–water partition coefficient (Wildman–Crippen LogP) is 1.80. The fourth-order valence-electron chi connectivity index (χ4n) is 1.92. The lowest BCUT2D eigenvalue weighted by Gasteiger charge is -2.33. The number of nitrogens with one attached hydrogen (secondary N) is 1. The van der Waals surface area contributed by atoms with Crippen molar-refractivity contribution in [3.8, 4) is 0 Å². The number of carbonyl (C=O) groups is 1. The quantitative estimate of drug-likeness (QED) is 0.784. The van der Waals surface area contributed by atoms with E-state index in [1.165, 1.54) is 11.3 Å². The van der Waals surface area contributed by atoms with Crippen molar-refractivity contribution >= 4 is 17.3 Å². The molecule has 2 heterocycles. The Morgan fingerprint density at radius 1 is 1.57 bits per heavy atom. The van der Waals surface area contributed by atoms with Crippen molar-refractivity contribution in [3.05, 3.63) is 22.4 Å². The number of carboxylic acid groups (broad SMARTS) is 1. The van der Waals surface area contributed by atoms with Crippen LogP contribution >= 0.6 is 11.3 Å². The second-order valence-corrected chi connectivity index (χ2v) is 4.52. The summed E-state index contributed by atoms with van der Waals surface area (Å²) in [5.41, 5.74) is -0.813. The van der Waals surface area contributed by atoms with Gasteiger partial charge in [-0.05, 0) is 37.3 Å². The Morgan fingerprint density at radius 2 is 2.43 bits per heavy atom. The molecule has 0 aromatic carbocycles. The molecule has 1 unspecified atom stereocenters. The normalized spacial score (nSPS) is 27.4. The Morgan fingerprint density at radius 3 is 2.93 bits per heavy atom. The smallest absolute Gasteiger partial charge is 0.329 e. The molecule has 76 valence electrons. The first-order valence-electron chi connectivity index (χ1n) is 4.78. The third-order valence-electron chi connectivity index (χ3n) is 2.71. The highest BCUT2D eigenvalue weighted by Gasteiger charge is 2.41. The van der Waals surface area contributed by atoms with Gasteiger partial charge >= 0.3 is 5.97 Å². The largest absolute Gasteiger partial charge is 0.480 e. The van der Waals surface area contributed by atoms with Gasteiger partial charge < -0.3 is 5.11 Å². The van der Waals surface area contributed by atoms with E-state index in [0.29, 0.717) is 6.42 Å². The molecule has 1 aliphatic rings. The zero-order valence-electron chi connectivity index (χ0n) is 7.82. The molecule has 3 nitrogen and oxygen atoms in total.